The van der Waals surface area contributed by atoms with Crippen LogP contribution in [0.2, 0.25) is 0 Å². The van der Waals surface area contributed by atoms with Gasteiger partial charge in [0.25, 0.3) is 5.91 Å². The third kappa shape index (κ3) is 2.70. The Labute approximate surface area is 110 Å². The standard InChI is InChI=1S/C14H10N2OS/c15-9-11-3-1-2-4-13(11)16-14(17)10-5-7-12(18)8-6-10/h1-8,18H,(H,16,17). The number of anilines is 1. The van der Waals surface area contributed by atoms with Gasteiger partial charge in [-0.3, -0.25) is 4.79 Å². The second-order valence-electron chi connectivity index (χ2n) is 3.66. The zero-order valence-corrected chi connectivity index (χ0v) is 10.3. The number of hydrogen-bond acceptors (Lipinski definition) is 3. The van der Waals surface area contributed by atoms with Crippen LogP contribution >= 0.6 is 12.6 Å². The Balaban J connectivity index is 2.22. The molecule has 2 aromatic rings. The van der Waals surface area contributed by atoms with Crippen molar-refractivity contribution in [3.8, 4) is 6.07 Å². The van der Waals surface area contributed by atoms with Crippen molar-refractivity contribution in [2.75, 3.05) is 5.32 Å². The van der Waals surface area contributed by atoms with E-state index < -0.39 is 0 Å². The van der Waals surface area contributed by atoms with Crippen LogP contribution in [0.1, 0.15) is 15.9 Å². The Morgan fingerprint density at radius 3 is 2.44 bits per heavy atom. The van der Waals surface area contributed by atoms with Crippen LogP contribution in [0.25, 0.3) is 0 Å². The number of benzene rings is 2. The normalized spacial score (nSPS) is 9.56. The maximum absolute atomic E-state index is 11.9. The van der Waals surface area contributed by atoms with Crippen LogP contribution in [0.15, 0.2) is 53.4 Å². The zero-order valence-electron chi connectivity index (χ0n) is 9.42. The second-order valence-corrected chi connectivity index (χ2v) is 4.17. The van der Waals surface area contributed by atoms with E-state index in [4.69, 9.17) is 5.26 Å². The molecule has 0 spiro atoms. The largest absolute Gasteiger partial charge is 0.321 e. The SMILES string of the molecule is N#Cc1ccccc1NC(=O)c1ccc(S)cc1. The molecular formula is C14H10N2OS. The molecule has 0 saturated heterocycles. The highest BCUT2D eigenvalue weighted by molar-refractivity contribution is 7.80. The van der Waals surface area contributed by atoms with Gasteiger partial charge < -0.3 is 5.32 Å². The van der Waals surface area contributed by atoms with Crippen molar-refractivity contribution in [2.45, 2.75) is 4.90 Å². The molecule has 0 saturated carbocycles. The Morgan fingerprint density at radius 2 is 1.78 bits per heavy atom. The summed E-state index contributed by atoms with van der Waals surface area (Å²) >= 11 is 4.16. The molecule has 0 aliphatic carbocycles. The summed E-state index contributed by atoms with van der Waals surface area (Å²) in [5.74, 6) is -0.244. The van der Waals surface area contributed by atoms with Gasteiger partial charge in [-0.05, 0) is 36.4 Å². The maximum atomic E-state index is 11.9. The van der Waals surface area contributed by atoms with Gasteiger partial charge in [-0.2, -0.15) is 5.26 Å². The summed E-state index contributed by atoms with van der Waals surface area (Å²) in [6, 6.07) is 15.8. The van der Waals surface area contributed by atoms with Gasteiger partial charge in [-0.15, -0.1) is 12.6 Å². The fourth-order valence-electron chi connectivity index (χ4n) is 1.50. The molecule has 0 unspecified atom stereocenters. The lowest BCUT2D eigenvalue weighted by atomic mass is 10.1. The Hall–Kier alpha value is -2.25. The molecule has 0 aliphatic heterocycles. The van der Waals surface area contributed by atoms with Crippen LogP contribution in [0.3, 0.4) is 0 Å². The molecule has 4 heteroatoms. The molecule has 18 heavy (non-hydrogen) atoms. The van der Waals surface area contributed by atoms with E-state index in [0.29, 0.717) is 16.8 Å². The van der Waals surface area contributed by atoms with Crippen molar-refractivity contribution in [3.63, 3.8) is 0 Å². The fourth-order valence-corrected chi connectivity index (χ4v) is 1.65. The first-order valence-electron chi connectivity index (χ1n) is 5.30. The average molecular weight is 254 g/mol. The lowest BCUT2D eigenvalue weighted by molar-refractivity contribution is 0.102. The molecule has 88 valence electrons. The molecule has 0 bridgehead atoms. The summed E-state index contributed by atoms with van der Waals surface area (Å²) in [4.78, 5) is 12.7. The first-order chi connectivity index (χ1) is 8.70. The number of carbonyl (C=O) groups is 1. The van der Waals surface area contributed by atoms with Gasteiger partial charge in [0.1, 0.15) is 6.07 Å². The molecule has 1 N–H and O–H groups in total. The van der Waals surface area contributed by atoms with Crippen molar-refractivity contribution in [1.29, 1.82) is 5.26 Å². The van der Waals surface area contributed by atoms with Crippen LogP contribution in [0.5, 0.6) is 0 Å². The van der Waals surface area contributed by atoms with Crippen LogP contribution in [-0.2, 0) is 0 Å². The molecule has 0 heterocycles. The lowest BCUT2D eigenvalue weighted by Gasteiger charge is -2.06. The number of nitrogens with zero attached hydrogens (tertiary/aromatic N) is 1. The molecule has 3 nitrogen and oxygen atoms in total. The smallest absolute Gasteiger partial charge is 0.255 e. The van der Waals surface area contributed by atoms with Gasteiger partial charge in [0.2, 0.25) is 0 Å². The van der Waals surface area contributed by atoms with Crippen LogP contribution in [-0.4, -0.2) is 5.91 Å². The first kappa shape index (κ1) is 12.2. The van der Waals surface area contributed by atoms with Crippen molar-refractivity contribution in [1.82, 2.24) is 0 Å². The first-order valence-corrected chi connectivity index (χ1v) is 5.75. The van der Waals surface area contributed by atoms with E-state index in [1.165, 1.54) is 0 Å². The van der Waals surface area contributed by atoms with Gasteiger partial charge in [0.15, 0.2) is 0 Å². The molecule has 2 aromatic carbocycles. The van der Waals surface area contributed by atoms with Gasteiger partial charge >= 0.3 is 0 Å². The highest BCUT2D eigenvalue weighted by atomic mass is 32.1. The summed E-state index contributed by atoms with van der Waals surface area (Å²) < 4.78 is 0. The van der Waals surface area contributed by atoms with Crippen molar-refractivity contribution >= 4 is 24.2 Å². The summed E-state index contributed by atoms with van der Waals surface area (Å²) in [6.45, 7) is 0. The predicted molar refractivity (Wildman–Crippen MR) is 72.8 cm³/mol. The van der Waals surface area contributed by atoms with E-state index in [0.717, 1.165) is 4.90 Å². The second kappa shape index (κ2) is 5.39. The van der Waals surface area contributed by atoms with Crippen LogP contribution in [0.4, 0.5) is 5.69 Å². The number of para-hydroxylation sites is 1. The van der Waals surface area contributed by atoms with E-state index in [2.05, 4.69) is 17.9 Å². The molecule has 0 radical (unpaired) electrons. The number of thiol groups is 1. The molecule has 1 amide bonds. The van der Waals surface area contributed by atoms with Crippen molar-refractivity contribution < 1.29 is 4.79 Å². The number of nitriles is 1. The highest BCUT2D eigenvalue weighted by Gasteiger charge is 2.08. The van der Waals surface area contributed by atoms with Crippen molar-refractivity contribution in [2.24, 2.45) is 0 Å². The van der Waals surface area contributed by atoms with Gasteiger partial charge in [-0.1, -0.05) is 12.1 Å². The lowest BCUT2D eigenvalue weighted by Crippen LogP contribution is -2.12. The number of carbonyl (C=O) groups excluding carboxylic acids is 1. The monoisotopic (exact) mass is 254 g/mol. The van der Waals surface area contributed by atoms with Gasteiger partial charge in [-0.25, -0.2) is 0 Å². The number of amides is 1. The minimum Gasteiger partial charge on any atom is -0.321 e. The minimum absolute atomic E-state index is 0.244. The average Bonchev–Trinajstić information content (AvgIpc) is 2.40. The van der Waals surface area contributed by atoms with E-state index in [9.17, 15) is 4.79 Å². The van der Waals surface area contributed by atoms with Gasteiger partial charge in [0, 0.05) is 10.5 Å². The van der Waals surface area contributed by atoms with Gasteiger partial charge in [0.05, 0.1) is 11.3 Å². The Morgan fingerprint density at radius 1 is 1.11 bits per heavy atom. The van der Waals surface area contributed by atoms with Crippen molar-refractivity contribution in [3.05, 3.63) is 59.7 Å². The quantitative estimate of drug-likeness (QED) is 0.809. The summed E-state index contributed by atoms with van der Waals surface area (Å²) in [5.41, 5.74) is 1.48. The van der Waals surface area contributed by atoms with E-state index >= 15 is 0 Å². The summed E-state index contributed by atoms with van der Waals surface area (Å²) in [6.07, 6.45) is 0. The third-order valence-electron chi connectivity index (χ3n) is 2.43. The molecule has 0 fully saturated rings. The van der Waals surface area contributed by atoms with Crippen LogP contribution < -0.4 is 5.32 Å². The Kier molecular flexibility index (Phi) is 3.66. The van der Waals surface area contributed by atoms with E-state index in [-0.39, 0.29) is 5.91 Å². The Bertz CT molecular complexity index is 614. The zero-order chi connectivity index (χ0) is 13.0. The van der Waals surface area contributed by atoms with E-state index in [1.54, 1.807) is 48.5 Å². The molecular weight excluding hydrogens is 244 g/mol. The summed E-state index contributed by atoms with van der Waals surface area (Å²) in [5, 5.41) is 11.6. The number of nitrogens with one attached hydrogen (secondary N) is 1. The molecule has 0 aliphatic rings. The topological polar surface area (TPSA) is 52.9 Å². The molecule has 0 aromatic heterocycles. The third-order valence-corrected chi connectivity index (χ3v) is 2.72. The maximum Gasteiger partial charge on any atom is 0.255 e. The molecule has 2 rings (SSSR count). The van der Waals surface area contributed by atoms with E-state index in [1.807, 2.05) is 6.07 Å². The number of rotatable bonds is 2. The minimum atomic E-state index is -0.244. The highest BCUT2D eigenvalue weighted by Crippen LogP contribution is 2.15. The fraction of sp³-hybridized carbons (Fsp3) is 0. The number of hydrogen-bond donors (Lipinski definition) is 2. The summed E-state index contributed by atoms with van der Waals surface area (Å²) in [7, 11) is 0. The molecule has 0 atom stereocenters. The predicted octanol–water partition coefficient (Wildman–Crippen LogP) is 3.10. The van der Waals surface area contributed by atoms with Crippen LogP contribution in [0, 0.1) is 11.3 Å².